The number of carboxylic acid groups (broad SMARTS) is 1. The number of ether oxygens (including phenoxy) is 3. The maximum absolute atomic E-state index is 11.4. The fourth-order valence-corrected chi connectivity index (χ4v) is 4.64. The Labute approximate surface area is 238 Å². The number of benzene rings is 3. The summed E-state index contributed by atoms with van der Waals surface area (Å²) in [5, 5.41) is 18.8. The van der Waals surface area contributed by atoms with Gasteiger partial charge in [0.15, 0.2) is 11.5 Å². The summed E-state index contributed by atoms with van der Waals surface area (Å²) < 4.78 is 18.0. The Balaban J connectivity index is 1.56. The van der Waals surface area contributed by atoms with Gasteiger partial charge in [0.25, 0.3) is 0 Å². The molecule has 214 valence electrons. The molecule has 3 rings (SSSR count). The molecular formula is C34H42O6. The van der Waals surface area contributed by atoms with Crippen LogP contribution >= 0.6 is 0 Å². The van der Waals surface area contributed by atoms with Gasteiger partial charge < -0.3 is 24.4 Å². The van der Waals surface area contributed by atoms with Crippen LogP contribution in [0.1, 0.15) is 72.9 Å². The third-order valence-corrected chi connectivity index (χ3v) is 6.86. The topological polar surface area (TPSA) is 85.2 Å². The Bertz CT molecular complexity index is 1190. The van der Waals surface area contributed by atoms with Gasteiger partial charge in [0.2, 0.25) is 0 Å². The number of carbonyl (C=O) groups is 1. The minimum atomic E-state index is -1.02. The quantitative estimate of drug-likeness (QED) is 0.116. The Morgan fingerprint density at radius 1 is 0.800 bits per heavy atom. The number of aromatic carboxylic acids is 1. The summed E-state index contributed by atoms with van der Waals surface area (Å²) in [7, 11) is 1.50. The van der Waals surface area contributed by atoms with Gasteiger partial charge in [-0.2, -0.15) is 0 Å². The number of carboxylic acids is 1. The van der Waals surface area contributed by atoms with Gasteiger partial charge in [0.1, 0.15) is 5.75 Å². The zero-order valence-electron chi connectivity index (χ0n) is 23.5. The molecule has 0 aliphatic rings. The normalized spacial score (nSPS) is 11.5. The first kappa shape index (κ1) is 30.6. The number of aliphatic hydroxyl groups is 1. The molecule has 0 aromatic heterocycles. The second kappa shape index (κ2) is 16.9. The molecule has 0 fully saturated rings. The molecule has 0 aliphatic carbocycles. The second-order valence-electron chi connectivity index (χ2n) is 10.0. The smallest absolute Gasteiger partial charge is 0.335 e. The van der Waals surface area contributed by atoms with E-state index in [9.17, 15) is 15.0 Å². The van der Waals surface area contributed by atoms with Gasteiger partial charge in [-0.3, -0.25) is 0 Å². The lowest BCUT2D eigenvalue weighted by Gasteiger charge is -2.22. The monoisotopic (exact) mass is 546 g/mol. The lowest BCUT2D eigenvalue weighted by atomic mass is 10.0. The number of aliphatic hydroxyl groups excluding tert-OH is 1. The van der Waals surface area contributed by atoms with Crippen LogP contribution in [0, 0.1) is 0 Å². The summed E-state index contributed by atoms with van der Waals surface area (Å²) >= 11 is 0. The zero-order chi connectivity index (χ0) is 28.6. The maximum Gasteiger partial charge on any atom is 0.335 e. The molecule has 2 N–H and O–H groups in total. The van der Waals surface area contributed by atoms with Gasteiger partial charge in [-0.1, -0.05) is 55.1 Å². The SMILES string of the molecule is C=C(O)CCCCC(CCc1ccccc1OCCCCCc1ccccc1)Oc1ccc(C(=O)O)cc1OC. The molecule has 0 saturated heterocycles. The predicted octanol–water partition coefficient (Wildman–Crippen LogP) is 8.20. The van der Waals surface area contributed by atoms with E-state index in [1.165, 1.54) is 24.8 Å². The van der Waals surface area contributed by atoms with Crippen molar-refractivity contribution in [3.05, 3.63) is 102 Å². The molecule has 0 amide bonds. The first-order valence-electron chi connectivity index (χ1n) is 14.2. The number of methoxy groups -OCH3 is 1. The third-order valence-electron chi connectivity index (χ3n) is 6.86. The van der Waals surface area contributed by atoms with E-state index in [2.05, 4.69) is 36.9 Å². The molecule has 1 unspecified atom stereocenters. The average molecular weight is 547 g/mol. The van der Waals surface area contributed by atoms with Crippen molar-refractivity contribution < 1.29 is 29.2 Å². The van der Waals surface area contributed by atoms with Crippen molar-refractivity contribution in [2.75, 3.05) is 13.7 Å². The highest BCUT2D eigenvalue weighted by Crippen LogP contribution is 2.31. The summed E-state index contributed by atoms with van der Waals surface area (Å²) in [6, 6.07) is 23.4. The molecule has 0 bridgehead atoms. The molecule has 0 heterocycles. The Kier molecular flexibility index (Phi) is 12.9. The highest BCUT2D eigenvalue weighted by atomic mass is 16.5. The zero-order valence-corrected chi connectivity index (χ0v) is 23.5. The van der Waals surface area contributed by atoms with Crippen LogP contribution in [0.4, 0.5) is 0 Å². The first-order valence-corrected chi connectivity index (χ1v) is 14.2. The van der Waals surface area contributed by atoms with E-state index < -0.39 is 5.97 Å². The lowest BCUT2D eigenvalue weighted by Crippen LogP contribution is -2.18. The molecule has 0 radical (unpaired) electrons. The summed E-state index contributed by atoms with van der Waals surface area (Å²) in [5.74, 6) is 0.992. The average Bonchev–Trinajstić information content (AvgIpc) is 2.96. The van der Waals surface area contributed by atoms with Crippen LogP contribution < -0.4 is 14.2 Å². The highest BCUT2D eigenvalue weighted by Gasteiger charge is 2.17. The van der Waals surface area contributed by atoms with Crippen molar-refractivity contribution >= 4 is 5.97 Å². The Hall–Kier alpha value is -3.93. The maximum atomic E-state index is 11.4. The van der Waals surface area contributed by atoms with E-state index in [-0.39, 0.29) is 17.4 Å². The molecule has 40 heavy (non-hydrogen) atoms. The van der Waals surface area contributed by atoms with Crippen LogP contribution in [0.25, 0.3) is 0 Å². The van der Waals surface area contributed by atoms with E-state index in [0.29, 0.717) is 24.5 Å². The van der Waals surface area contributed by atoms with Crippen molar-refractivity contribution in [1.82, 2.24) is 0 Å². The molecule has 0 saturated carbocycles. The van der Waals surface area contributed by atoms with Gasteiger partial charge in [0, 0.05) is 6.42 Å². The Morgan fingerprint density at radius 2 is 1.57 bits per heavy atom. The van der Waals surface area contributed by atoms with Crippen LogP contribution in [0.3, 0.4) is 0 Å². The minimum absolute atomic E-state index is 0.123. The summed E-state index contributed by atoms with van der Waals surface area (Å²) in [5.41, 5.74) is 2.66. The minimum Gasteiger partial charge on any atom is -0.513 e. The highest BCUT2D eigenvalue weighted by molar-refractivity contribution is 5.88. The third kappa shape index (κ3) is 10.7. The van der Waals surface area contributed by atoms with Gasteiger partial charge >= 0.3 is 5.97 Å². The second-order valence-corrected chi connectivity index (χ2v) is 10.0. The van der Waals surface area contributed by atoms with Crippen molar-refractivity contribution in [1.29, 1.82) is 0 Å². The van der Waals surface area contributed by atoms with Crippen LogP contribution in [-0.2, 0) is 12.8 Å². The molecule has 3 aromatic rings. The van der Waals surface area contributed by atoms with Gasteiger partial charge in [-0.25, -0.2) is 4.79 Å². The molecular weight excluding hydrogens is 504 g/mol. The van der Waals surface area contributed by atoms with Crippen LogP contribution in [0.2, 0.25) is 0 Å². The molecule has 0 spiro atoms. The summed E-state index contributed by atoms with van der Waals surface area (Å²) in [6.45, 7) is 4.26. The van der Waals surface area contributed by atoms with Crippen molar-refractivity contribution in [2.24, 2.45) is 0 Å². The predicted molar refractivity (Wildman–Crippen MR) is 159 cm³/mol. The van der Waals surface area contributed by atoms with E-state index in [1.807, 2.05) is 24.3 Å². The van der Waals surface area contributed by atoms with E-state index >= 15 is 0 Å². The van der Waals surface area contributed by atoms with Crippen molar-refractivity contribution in [3.8, 4) is 17.2 Å². The number of allylic oxidation sites excluding steroid dienone is 1. The Morgan fingerprint density at radius 3 is 2.33 bits per heavy atom. The molecule has 6 heteroatoms. The van der Waals surface area contributed by atoms with Crippen LogP contribution in [0.15, 0.2) is 85.1 Å². The fraction of sp³-hybridized carbons (Fsp3) is 0.382. The number of rotatable bonds is 19. The number of hydrogen-bond donors (Lipinski definition) is 2. The largest absolute Gasteiger partial charge is 0.513 e. The van der Waals surface area contributed by atoms with Gasteiger partial charge in [-0.15, -0.1) is 0 Å². The first-order chi connectivity index (χ1) is 19.5. The standard InChI is InChI=1S/C34H42O6/c1-26(35)13-8-10-18-30(40-32-23-21-29(34(36)37)25-33(32)38-2)22-20-28-17-9-11-19-31(28)39-24-12-4-7-16-27-14-5-3-6-15-27/h3,5-6,9,11,14-15,17,19,21,23,25,30,35H,1,4,7-8,10,12-13,16,18,20,22,24H2,2H3,(H,36,37). The van der Waals surface area contributed by atoms with E-state index in [4.69, 9.17) is 14.2 Å². The molecule has 0 aliphatic heterocycles. The number of aryl methyl sites for hydroxylation is 2. The van der Waals surface area contributed by atoms with Crippen molar-refractivity contribution in [2.45, 2.75) is 70.3 Å². The van der Waals surface area contributed by atoms with Crippen molar-refractivity contribution in [3.63, 3.8) is 0 Å². The van der Waals surface area contributed by atoms with Crippen LogP contribution in [0.5, 0.6) is 17.2 Å². The number of para-hydroxylation sites is 1. The van der Waals surface area contributed by atoms with Gasteiger partial charge in [-0.05, 0) is 93.2 Å². The number of hydrogen-bond acceptors (Lipinski definition) is 5. The summed E-state index contributed by atoms with van der Waals surface area (Å²) in [6.07, 6.45) is 8.79. The molecule has 6 nitrogen and oxygen atoms in total. The van der Waals surface area contributed by atoms with E-state index in [0.717, 1.165) is 69.1 Å². The van der Waals surface area contributed by atoms with Gasteiger partial charge in [0.05, 0.1) is 31.1 Å². The lowest BCUT2D eigenvalue weighted by molar-refractivity contribution is 0.0696. The molecule has 3 aromatic carbocycles. The van der Waals surface area contributed by atoms with E-state index in [1.54, 1.807) is 6.07 Å². The molecule has 1 atom stereocenters. The number of unbranched alkanes of at least 4 members (excludes halogenated alkanes) is 3. The van der Waals surface area contributed by atoms with Crippen LogP contribution in [-0.4, -0.2) is 36.0 Å². The summed E-state index contributed by atoms with van der Waals surface area (Å²) in [4.78, 5) is 11.4. The fourth-order valence-electron chi connectivity index (χ4n) is 4.64.